The van der Waals surface area contributed by atoms with Crippen molar-refractivity contribution < 1.29 is 0 Å². The number of aliphatic imine (C=N–C) groups is 1. The molecule has 0 saturated carbocycles. The Labute approximate surface area is 108 Å². The third-order valence-electron chi connectivity index (χ3n) is 2.63. The predicted molar refractivity (Wildman–Crippen MR) is 76.7 cm³/mol. The van der Waals surface area contributed by atoms with Gasteiger partial charge in [0, 0.05) is 35.1 Å². The minimum absolute atomic E-state index is 0.462. The molecule has 1 aromatic carbocycles. The van der Waals surface area contributed by atoms with Gasteiger partial charge in [-0.05, 0) is 30.5 Å². The van der Waals surface area contributed by atoms with Gasteiger partial charge in [0.2, 0.25) is 0 Å². The second-order valence-corrected chi connectivity index (χ2v) is 4.79. The summed E-state index contributed by atoms with van der Waals surface area (Å²) in [5.74, 6) is 0.462. The Morgan fingerprint density at radius 1 is 1.41 bits per heavy atom. The Kier molecular flexibility index (Phi) is 4.76. The Balaban J connectivity index is 3.38. The number of nitrogens with zero attached hydrogens (tertiary/aromatic N) is 1. The average Bonchev–Trinajstić information content (AvgIpc) is 2.26. The van der Waals surface area contributed by atoms with Gasteiger partial charge < -0.3 is 5.73 Å². The molecule has 0 fully saturated rings. The van der Waals surface area contributed by atoms with Gasteiger partial charge in [0.1, 0.15) is 0 Å². The highest BCUT2D eigenvalue weighted by molar-refractivity contribution is 6.34. The summed E-state index contributed by atoms with van der Waals surface area (Å²) in [4.78, 5) is 4.03. The second kappa shape index (κ2) is 5.87. The van der Waals surface area contributed by atoms with Gasteiger partial charge in [-0.1, -0.05) is 31.5 Å². The highest BCUT2D eigenvalue weighted by Gasteiger charge is 2.09. The SMILES string of the molecule is CN=C/C(=C(/C)N)c1cc(C(C)C)ccc1Cl. The van der Waals surface area contributed by atoms with Crippen LogP contribution in [-0.4, -0.2) is 13.3 Å². The van der Waals surface area contributed by atoms with Crippen LogP contribution in [-0.2, 0) is 0 Å². The molecule has 0 aromatic heterocycles. The van der Waals surface area contributed by atoms with Crippen LogP contribution in [0.4, 0.5) is 0 Å². The molecule has 0 spiro atoms. The summed E-state index contributed by atoms with van der Waals surface area (Å²) in [6, 6.07) is 6.04. The smallest absolute Gasteiger partial charge is 0.0485 e. The first kappa shape index (κ1) is 13.8. The van der Waals surface area contributed by atoms with Crippen molar-refractivity contribution in [2.24, 2.45) is 10.7 Å². The van der Waals surface area contributed by atoms with Crippen molar-refractivity contribution in [3.63, 3.8) is 0 Å². The van der Waals surface area contributed by atoms with E-state index in [0.717, 1.165) is 16.8 Å². The maximum absolute atomic E-state index is 6.22. The molecule has 0 unspecified atom stereocenters. The maximum Gasteiger partial charge on any atom is 0.0485 e. The minimum Gasteiger partial charge on any atom is -0.402 e. The number of benzene rings is 1. The largest absolute Gasteiger partial charge is 0.402 e. The average molecular weight is 251 g/mol. The number of rotatable bonds is 3. The lowest BCUT2D eigenvalue weighted by molar-refractivity contribution is 0.866. The first-order chi connectivity index (χ1) is 7.97. The van der Waals surface area contributed by atoms with Crippen LogP contribution in [0.5, 0.6) is 0 Å². The van der Waals surface area contributed by atoms with Crippen molar-refractivity contribution in [3.8, 4) is 0 Å². The number of nitrogens with two attached hydrogens (primary N) is 1. The number of hydrogen-bond acceptors (Lipinski definition) is 2. The zero-order chi connectivity index (χ0) is 13.0. The Hall–Kier alpha value is -1.28. The Morgan fingerprint density at radius 2 is 2.06 bits per heavy atom. The fourth-order valence-corrected chi connectivity index (χ4v) is 1.84. The molecule has 0 bridgehead atoms. The molecule has 92 valence electrons. The molecular weight excluding hydrogens is 232 g/mol. The highest BCUT2D eigenvalue weighted by atomic mass is 35.5. The Morgan fingerprint density at radius 3 is 2.53 bits per heavy atom. The number of hydrogen-bond donors (Lipinski definition) is 1. The zero-order valence-corrected chi connectivity index (χ0v) is 11.5. The van der Waals surface area contributed by atoms with E-state index in [1.807, 2.05) is 19.1 Å². The van der Waals surface area contributed by atoms with Crippen molar-refractivity contribution in [3.05, 3.63) is 40.0 Å². The lowest BCUT2D eigenvalue weighted by Gasteiger charge is -2.12. The lowest BCUT2D eigenvalue weighted by Crippen LogP contribution is -2.01. The van der Waals surface area contributed by atoms with Crippen molar-refractivity contribution in [2.45, 2.75) is 26.7 Å². The molecule has 0 aliphatic rings. The number of allylic oxidation sites excluding steroid dienone is 2. The molecule has 0 saturated heterocycles. The van der Waals surface area contributed by atoms with Gasteiger partial charge >= 0.3 is 0 Å². The third-order valence-corrected chi connectivity index (χ3v) is 2.96. The summed E-state index contributed by atoms with van der Waals surface area (Å²) >= 11 is 6.22. The summed E-state index contributed by atoms with van der Waals surface area (Å²) < 4.78 is 0. The summed E-state index contributed by atoms with van der Waals surface area (Å²) in [6.07, 6.45) is 1.75. The van der Waals surface area contributed by atoms with Crippen molar-refractivity contribution in [2.75, 3.05) is 7.05 Å². The predicted octanol–water partition coefficient (Wildman–Crippen LogP) is 3.85. The lowest BCUT2D eigenvalue weighted by atomic mass is 9.97. The van der Waals surface area contributed by atoms with E-state index in [-0.39, 0.29) is 0 Å². The van der Waals surface area contributed by atoms with Crippen molar-refractivity contribution in [1.29, 1.82) is 0 Å². The van der Waals surface area contributed by atoms with Crippen LogP contribution in [0, 0.1) is 0 Å². The maximum atomic E-state index is 6.22. The summed E-state index contributed by atoms with van der Waals surface area (Å²) in [5, 5.41) is 0.703. The molecule has 0 aliphatic carbocycles. The van der Waals surface area contributed by atoms with E-state index in [0.29, 0.717) is 10.9 Å². The third kappa shape index (κ3) is 3.34. The van der Waals surface area contributed by atoms with E-state index in [9.17, 15) is 0 Å². The molecule has 1 aromatic rings. The molecule has 2 N–H and O–H groups in total. The summed E-state index contributed by atoms with van der Waals surface area (Å²) in [7, 11) is 1.73. The van der Waals surface area contributed by atoms with Crippen LogP contribution < -0.4 is 5.73 Å². The van der Waals surface area contributed by atoms with Crippen molar-refractivity contribution >= 4 is 23.4 Å². The van der Waals surface area contributed by atoms with Crippen molar-refractivity contribution in [1.82, 2.24) is 0 Å². The monoisotopic (exact) mass is 250 g/mol. The zero-order valence-electron chi connectivity index (χ0n) is 10.8. The van der Waals surface area contributed by atoms with Gasteiger partial charge in [-0.3, -0.25) is 4.99 Å². The van der Waals surface area contributed by atoms with Gasteiger partial charge in [-0.15, -0.1) is 0 Å². The molecule has 2 nitrogen and oxygen atoms in total. The molecule has 0 heterocycles. The second-order valence-electron chi connectivity index (χ2n) is 4.38. The molecule has 0 amide bonds. The molecular formula is C14H19ClN2. The first-order valence-corrected chi connectivity index (χ1v) is 6.03. The highest BCUT2D eigenvalue weighted by Crippen LogP contribution is 2.28. The minimum atomic E-state index is 0.462. The van der Waals surface area contributed by atoms with Crippen LogP contribution in [0.2, 0.25) is 5.02 Å². The van der Waals surface area contributed by atoms with E-state index < -0.39 is 0 Å². The first-order valence-electron chi connectivity index (χ1n) is 5.65. The standard InChI is InChI=1S/C14H19ClN2/c1-9(2)11-5-6-14(15)12(7-11)13(8-17-4)10(3)16/h5-9H,16H2,1-4H3/b13-10+,17-8?. The van der Waals surface area contributed by atoms with Crippen LogP contribution in [0.3, 0.4) is 0 Å². The van der Waals surface area contributed by atoms with Crippen LogP contribution >= 0.6 is 11.6 Å². The van der Waals surface area contributed by atoms with E-state index in [1.54, 1.807) is 13.3 Å². The van der Waals surface area contributed by atoms with Crippen LogP contribution in [0.1, 0.15) is 37.8 Å². The normalized spacial score (nSPS) is 13.3. The summed E-state index contributed by atoms with van der Waals surface area (Å²) in [6.45, 7) is 6.16. The van der Waals surface area contributed by atoms with Crippen LogP contribution in [0.25, 0.3) is 5.57 Å². The quantitative estimate of drug-likeness (QED) is 0.813. The van der Waals surface area contributed by atoms with Crippen LogP contribution in [0.15, 0.2) is 28.9 Å². The topological polar surface area (TPSA) is 38.4 Å². The summed E-state index contributed by atoms with van der Waals surface area (Å²) in [5.41, 5.74) is 9.68. The molecule has 17 heavy (non-hydrogen) atoms. The van der Waals surface area contributed by atoms with E-state index >= 15 is 0 Å². The van der Waals surface area contributed by atoms with Gasteiger partial charge in [-0.25, -0.2) is 0 Å². The van der Waals surface area contributed by atoms with E-state index in [1.165, 1.54) is 5.56 Å². The molecule has 3 heteroatoms. The molecule has 0 radical (unpaired) electrons. The number of halogens is 1. The molecule has 0 aliphatic heterocycles. The van der Waals surface area contributed by atoms with Gasteiger partial charge in [0.25, 0.3) is 0 Å². The molecule has 1 rings (SSSR count). The van der Waals surface area contributed by atoms with Gasteiger partial charge in [-0.2, -0.15) is 0 Å². The van der Waals surface area contributed by atoms with Gasteiger partial charge in [0.05, 0.1) is 0 Å². The fourth-order valence-electron chi connectivity index (χ4n) is 1.62. The fraction of sp³-hybridized carbons (Fsp3) is 0.357. The Bertz CT molecular complexity index is 455. The van der Waals surface area contributed by atoms with E-state index in [2.05, 4.69) is 24.9 Å². The molecule has 0 atom stereocenters. The van der Waals surface area contributed by atoms with E-state index in [4.69, 9.17) is 17.3 Å². The van der Waals surface area contributed by atoms with Gasteiger partial charge in [0.15, 0.2) is 0 Å².